The van der Waals surface area contributed by atoms with Crippen molar-refractivity contribution in [2.75, 3.05) is 11.8 Å². The summed E-state index contributed by atoms with van der Waals surface area (Å²) >= 11 is 0. The van der Waals surface area contributed by atoms with Crippen LogP contribution < -0.4 is 14.9 Å². The lowest BCUT2D eigenvalue weighted by molar-refractivity contribution is 0.380. The second-order valence-electron chi connectivity index (χ2n) is 7.02. The number of nitrogens with zero attached hydrogens (tertiary/aromatic N) is 1. The van der Waals surface area contributed by atoms with Crippen molar-refractivity contribution in [2.45, 2.75) is 50.0 Å². The largest absolute Gasteiger partial charge is 0.497 e. The number of hydrogen-bond donors (Lipinski definition) is 2. The van der Waals surface area contributed by atoms with E-state index in [0.29, 0.717) is 17.5 Å². The van der Waals surface area contributed by atoms with Crippen LogP contribution >= 0.6 is 0 Å². The fourth-order valence-electron chi connectivity index (χ4n) is 3.23. The molecule has 3 rings (SSSR count). The molecule has 1 fully saturated rings. The van der Waals surface area contributed by atoms with Crippen molar-refractivity contribution in [1.29, 1.82) is 0 Å². The second kappa shape index (κ2) is 9.10. The summed E-state index contributed by atoms with van der Waals surface area (Å²) in [5.74, 6) is 0.670. The number of anilines is 1. The zero-order valence-electron chi connectivity index (χ0n) is 16.3. The zero-order chi connectivity index (χ0) is 20.0. The van der Waals surface area contributed by atoms with Gasteiger partial charge in [0.2, 0.25) is 0 Å². The summed E-state index contributed by atoms with van der Waals surface area (Å²) in [6.07, 6.45) is 6.12. The van der Waals surface area contributed by atoms with Crippen molar-refractivity contribution in [2.24, 2.45) is 5.10 Å². The molecule has 0 spiro atoms. The molecular weight excluding hydrogens is 374 g/mol. The molecule has 1 saturated carbocycles. The molecule has 0 atom stereocenters. The zero-order valence-corrected chi connectivity index (χ0v) is 17.1. The van der Waals surface area contributed by atoms with Crippen LogP contribution in [0.4, 0.5) is 5.69 Å². The highest BCUT2D eigenvalue weighted by molar-refractivity contribution is 7.92. The van der Waals surface area contributed by atoms with Crippen LogP contribution in [0, 0.1) is 0 Å². The first kappa shape index (κ1) is 20.2. The molecule has 2 aromatic carbocycles. The van der Waals surface area contributed by atoms with Crippen LogP contribution in [0.3, 0.4) is 0 Å². The predicted molar refractivity (Wildman–Crippen MR) is 112 cm³/mol. The minimum absolute atomic E-state index is 0.208. The lowest BCUT2D eigenvalue weighted by Gasteiger charge is -2.21. The van der Waals surface area contributed by atoms with Gasteiger partial charge in [-0.05, 0) is 61.7 Å². The van der Waals surface area contributed by atoms with E-state index in [2.05, 4.69) is 15.2 Å². The lowest BCUT2D eigenvalue weighted by atomic mass is 9.96. The molecule has 0 unspecified atom stereocenters. The van der Waals surface area contributed by atoms with Crippen LogP contribution in [0.2, 0.25) is 0 Å². The van der Waals surface area contributed by atoms with E-state index in [1.165, 1.54) is 19.3 Å². The Labute approximate surface area is 167 Å². The number of rotatable bonds is 7. The molecule has 0 heterocycles. The number of hydrogen-bond acceptors (Lipinski definition) is 5. The fraction of sp³-hybridized carbons (Fsp3) is 0.381. The summed E-state index contributed by atoms with van der Waals surface area (Å²) in [5.41, 5.74) is 5.48. The highest BCUT2D eigenvalue weighted by Gasteiger charge is 2.15. The van der Waals surface area contributed by atoms with Gasteiger partial charge in [-0.15, -0.1) is 0 Å². The van der Waals surface area contributed by atoms with Crippen LogP contribution in [0.5, 0.6) is 5.75 Å². The molecule has 0 aliphatic heterocycles. The average molecular weight is 402 g/mol. The van der Waals surface area contributed by atoms with E-state index in [0.717, 1.165) is 24.1 Å². The molecule has 0 bridgehead atoms. The van der Waals surface area contributed by atoms with Gasteiger partial charge in [-0.2, -0.15) is 5.10 Å². The SMILES string of the molecule is COc1ccc(NS(=O)(=O)c2ccc(/C(C)=N\NC3CCCCC3)cc2)cc1. The molecule has 0 saturated heterocycles. The standard InChI is InChI=1S/C21H27N3O3S/c1-16(22-23-18-6-4-3-5-7-18)17-8-14-21(15-9-17)28(25,26)24-19-10-12-20(27-2)13-11-19/h8-15,18,23-24H,3-7H2,1-2H3/b22-16-. The van der Waals surface area contributed by atoms with Crippen molar-refractivity contribution in [3.63, 3.8) is 0 Å². The predicted octanol–water partition coefficient (Wildman–Crippen LogP) is 4.14. The molecule has 2 aromatic rings. The minimum atomic E-state index is -3.65. The van der Waals surface area contributed by atoms with Crippen LogP contribution in [0.15, 0.2) is 58.5 Å². The molecule has 1 aliphatic rings. The summed E-state index contributed by atoms with van der Waals surface area (Å²) < 4.78 is 32.8. The van der Waals surface area contributed by atoms with Crippen molar-refractivity contribution in [3.05, 3.63) is 54.1 Å². The Kier molecular flexibility index (Phi) is 6.57. The normalized spacial score (nSPS) is 15.9. The van der Waals surface area contributed by atoms with Crippen LogP contribution in [-0.4, -0.2) is 27.3 Å². The number of nitrogens with one attached hydrogen (secondary N) is 2. The van der Waals surface area contributed by atoms with Crippen LogP contribution in [0.25, 0.3) is 0 Å². The molecule has 150 valence electrons. The summed E-state index contributed by atoms with van der Waals surface area (Å²) in [4.78, 5) is 0.208. The van der Waals surface area contributed by atoms with Gasteiger partial charge in [0.1, 0.15) is 5.75 Å². The topological polar surface area (TPSA) is 79.8 Å². The smallest absolute Gasteiger partial charge is 0.261 e. The summed E-state index contributed by atoms with van der Waals surface area (Å²) in [5, 5.41) is 4.48. The number of sulfonamides is 1. The van der Waals surface area contributed by atoms with Gasteiger partial charge in [0.25, 0.3) is 10.0 Å². The molecular formula is C21H27N3O3S. The van der Waals surface area contributed by atoms with E-state index in [1.54, 1.807) is 55.6 Å². The van der Waals surface area contributed by atoms with Crippen LogP contribution in [-0.2, 0) is 10.0 Å². The Hall–Kier alpha value is -2.54. The van der Waals surface area contributed by atoms with E-state index >= 15 is 0 Å². The third kappa shape index (κ3) is 5.25. The van der Waals surface area contributed by atoms with Gasteiger partial charge in [0.15, 0.2) is 0 Å². The van der Waals surface area contributed by atoms with Gasteiger partial charge in [0, 0.05) is 11.7 Å². The Bertz CT molecular complexity index is 901. The third-order valence-corrected chi connectivity index (χ3v) is 6.34. The first-order valence-electron chi connectivity index (χ1n) is 9.55. The van der Waals surface area contributed by atoms with E-state index in [9.17, 15) is 8.42 Å². The van der Waals surface area contributed by atoms with Crippen molar-refractivity contribution >= 4 is 21.4 Å². The average Bonchev–Trinajstić information content (AvgIpc) is 2.73. The van der Waals surface area contributed by atoms with Crippen molar-refractivity contribution in [3.8, 4) is 5.75 Å². The summed E-state index contributed by atoms with van der Waals surface area (Å²) in [6.45, 7) is 1.93. The van der Waals surface area contributed by atoms with Gasteiger partial charge in [-0.1, -0.05) is 31.4 Å². The lowest BCUT2D eigenvalue weighted by Crippen LogP contribution is -2.27. The molecule has 0 aromatic heterocycles. The first-order valence-corrected chi connectivity index (χ1v) is 11.0. The van der Waals surface area contributed by atoms with Crippen LogP contribution in [0.1, 0.15) is 44.6 Å². The molecule has 1 aliphatic carbocycles. The maximum Gasteiger partial charge on any atom is 0.261 e. The monoisotopic (exact) mass is 401 g/mol. The quantitative estimate of drug-likeness (QED) is 0.540. The number of hydrazone groups is 1. The first-order chi connectivity index (χ1) is 13.5. The number of ether oxygens (including phenoxy) is 1. The fourth-order valence-corrected chi connectivity index (χ4v) is 4.29. The van der Waals surface area contributed by atoms with E-state index < -0.39 is 10.0 Å². The highest BCUT2D eigenvalue weighted by Crippen LogP contribution is 2.20. The number of benzene rings is 2. The Morgan fingerprint density at radius 1 is 1.00 bits per heavy atom. The van der Waals surface area contributed by atoms with E-state index in [4.69, 9.17) is 4.74 Å². The summed E-state index contributed by atoms with van der Waals surface area (Å²) in [7, 11) is -2.08. The van der Waals surface area contributed by atoms with Gasteiger partial charge in [-0.3, -0.25) is 4.72 Å². The van der Waals surface area contributed by atoms with Gasteiger partial charge >= 0.3 is 0 Å². The van der Waals surface area contributed by atoms with E-state index in [-0.39, 0.29) is 4.90 Å². The molecule has 6 nitrogen and oxygen atoms in total. The summed E-state index contributed by atoms with van der Waals surface area (Å²) in [6, 6.07) is 13.9. The van der Waals surface area contributed by atoms with Gasteiger partial charge in [0.05, 0.1) is 17.7 Å². The van der Waals surface area contributed by atoms with E-state index in [1.807, 2.05) is 6.92 Å². The molecule has 0 radical (unpaired) electrons. The Balaban J connectivity index is 1.66. The number of methoxy groups -OCH3 is 1. The second-order valence-corrected chi connectivity index (χ2v) is 8.70. The molecule has 28 heavy (non-hydrogen) atoms. The van der Waals surface area contributed by atoms with Crippen molar-refractivity contribution < 1.29 is 13.2 Å². The molecule has 2 N–H and O–H groups in total. The Morgan fingerprint density at radius 2 is 1.64 bits per heavy atom. The Morgan fingerprint density at radius 3 is 2.25 bits per heavy atom. The maximum atomic E-state index is 12.6. The van der Waals surface area contributed by atoms with Gasteiger partial charge in [-0.25, -0.2) is 8.42 Å². The molecule has 0 amide bonds. The van der Waals surface area contributed by atoms with Gasteiger partial charge < -0.3 is 10.2 Å². The molecule has 7 heteroatoms. The van der Waals surface area contributed by atoms with Crippen molar-refractivity contribution in [1.82, 2.24) is 5.43 Å². The third-order valence-electron chi connectivity index (χ3n) is 4.94. The maximum absolute atomic E-state index is 12.6. The minimum Gasteiger partial charge on any atom is -0.497 e. The highest BCUT2D eigenvalue weighted by atomic mass is 32.2.